The van der Waals surface area contributed by atoms with Crippen molar-refractivity contribution in [1.29, 1.82) is 5.26 Å². The van der Waals surface area contributed by atoms with Crippen molar-refractivity contribution in [2.24, 2.45) is 5.10 Å². The van der Waals surface area contributed by atoms with Gasteiger partial charge < -0.3 is 8.98 Å². The molecule has 0 N–H and O–H groups in total. The number of hydrogen-bond donors (Lipinski definition) is 0. The molecule has 0 radical (unpaired) electrons. The minimum Gasteiger partial charge on any atom is -0.453 e. The highest BCUT2D eigenvalue weighted by Crippen LogP contribution is 2.29. The van der Waals surface area contributed by atoms with E-state index in [-0.39, 0.29) is 12.1 Å². The molecule has 0 aliphatic rings. The number of aromatic nitrogens is 3. The van der Waals surface area contributed by atoms with Crippen LogP contribution in [0.3, 0.4) is 0 Å². The van der Waals surface area contributed by atoms with E-state index in [1.54, 1.807) is 24.4 Å². The Bertz CT molecular complexity index is 1890. The largest absolute Gasteiger partial charge is 0.453 e. The number of fused-ring (bicyclic) bond motifs is 3. The molecular formula is C27H16BrN5O2. The molecule has 0 saturated heterocycles. The first-order valence-electron chi connectivity index (χ1n) is 10.8. The van der Waals surface area contributed by atoms with Gasteiger partial charge >= 0.3 is 0 Å². The summed E-state index contributed by atoms with van der Waals surface area (Å²) in [6.45, 7) is 0.214. The number of nitriles is 1. The van der Waals surface area contributed by atoms with Crippen LogP contribution in [-0.2, 0) is 6.54 Å². The van der Waals surface area contributed by atoms with Crippen LogP contribution in [0, 0.1) is 11.3 Å². The van der Waals surface area contributed by atoms with Crippen molar-refractivity contribution in [2.45, 2.75) is 6.54 Å². The summed E-state index contributed by atoms with van der Waals surface area (Å²) in [5.41, 5.74) is 2.65. The topological polar surface area (TPSA) is 89.1 Å². The monoisotopic (exact) mass is 521 g/mol. The number of benzene rings is 3. The quantitative estimate of drug-likeness (QED) is 0.269. The van der Waals surface area contributed by atoms with Crippen LogP contribution in [0.15, 0.2) is 97.8 Å². The van der Waals surface area contributed by atoms with Crippen molar-refractivity contribution in [1.82, 2.24) is 14.2 Å². The average Bonchev–Trinajstić information content (AvgIpc) is 3.45. The van der Waals surface area contributed by atoms with Crippen molar-refractivity contribution < 1.29 is 4.42 Å². The van der Waals surface area contributed by atoms with E-state index in [2.05, 4.69) is 27.1 Å². The maximum atomic E-state index is 13.5. The Morgan fingerprint density at radius 3 is 2.71 bits per heavy atom. The minimum absolute atomic E-state index is 0.214. The summed E-state index contributed by atoms with van der Waals surface area (Å²) in [4.78, 5) is 18.2. The van der Waals surface area contributed by atoms with E-state index in [9.17, 15) is 10.1 Å². The molecule has 0 unspecified atom stereocenters. The fourth-order valence-electron chi connectivity index (χ4n) is 4.22. The van der Waals surface area contributed by atoms with E-state index >= 15 is 0 Å². The summed E-state index contributed by atoms with van der Waals surface area (Å²) in [6.07, 6.45) is 3.48. The molecule has 6 rings (SSSR count). The molecule has 0 fully saturated rings. The molecule has 3 heterocycles. The van der Waals surface area contributed by atoms with E-state index in [4.69, 9.17) is 9.40 Å². The molecule has 0 bridgehead atoms. The Hall–Kier alpha value is -4.48. The molecule has 0 saturated carbocycles. The van der Waals surface area contributed by atoms with E-state index in [0.717, 1.165) is 26.3 Å². The van der Waals surface area contributed by atoms with Crippen LogP contribution in [-0.4, -0.2) is 20.4 Å². The molecule has 3 aromatic heterocycles. The lowest BCUT2D eigenvalue weighted by Gasteiger charge is -2.07. The third-order valence-corrected chi connectivity index (χ3v) is 6.32. The molecule has 168 valence electrons. The molecule has 3 aromatic carbocycles. The Kier molecular flexibility index (Phi) is 5.05. The van der Waals surface area contributed by atoms with Gasteiger partial charge in [0, 0.05) is 32.5 Å². The Balaban J connectivity index is 1.57. The van der Waals surface area contributed by atoms with E-state index in [1.807, 2.05) is 65.4 Å². The first-order valence-corrected chi connectivity index (χ1v) is 11.6. The van der Waals surface area contributed by atoms with Crippen LogP contribution in [0.25, 0.3) is 44.4 Å². The number of hydrogen-bond acceptors (Lipinski definition) is 5. The van der Waals surface area contributed by atoms with Gasteiger partial charge in [-0.3, -0.25) is 4.79 Å². The fourth-order valence-corrected chi connectivity index (χ4v) is 4.60. The standard InChI is InChI=1S/C27H16BrN5O2/c28-19-9-10-24-17(13-19)14-25(35-24)26-31-22-7-3-1-6-21(22)27(34)33(26)30-15-18-16-32(12-11-29)23-8-4-2-5-20(18)23/h1-10,13-16H,12H2. The third kappa shape index (κ3) is 3.63. The molecular weight excluding hydrogens is 506 g/mol. The molecule has 7 nitrogen and oxygen atoms in total. The Morgan fingerprint density at radius 2 is 1.86 bits per heavy atom. The van der Waals surface area contributed by atoms with Crippen molar-refractivity contribution in [3.63, 3.8) is 0 Å². The summed E-state index contributed by atoms with van der Waals surface area (Å²) >= 11 is 3.48. The van der Waals surface area contributed by atoms with Gasteiger partial charge in [-0.1, -0.05) is 46.3 Å². The summed E-state index contributed by atoms with van der Waals surface area (Å²) in [5.74, 6) is 0.739. The van der Waals surface area contributed by atoms with E-state index < -0.39 is 0 Å². The molecule has 0 spiro atoms. The van der Waals surface area contributed by atoms with E-state index in [0.29, 0.717) is 28.1 Å². The Labute approximate surface area is 207 Å². The van der Waals surface area contributed by atoms with Gasteiger partial charge in [0.05, 0.1) is 23.2 Å². The summed E-state index contributed by atoms with van der Waals surface area (Å²) in [5, 5.41) is 16.0. The first-order chi connectivity index (χ1) is 17.1. The SMILES string of the molecule is N#CCn1cc(C=Nn2c(-c3cc4cc(Br)ccc4o3)nc3ccccc3c2=O)c2ccccc21. The molecule has 0 aliphatic carbocycles. The number of halogens is 1. The highest BCUT2D eigenvalue weighted by molar-refractivity contribution is 9.10. The van der Waals surface area contributed by atoms with Crippen LogP contribution in [0.5, 0.6) is 0 Å². The predicted octanol–water partition coefficient (Wildman–Crippen LogP) is 5.93. The fraction of sp³-hybridized carbons (Fsp3) is 0.0370. The summed E-state index contributed by atoms with van der Waals surface area (Å²) in [6, 6.07) is 24.7. The normalized spacial score (nSPS) is 11.7. The minimum atomic E-state index is -0.302. The average molecular weight is 522 g/mol. The smallest absolute Gasteiger partial charge is 0.282 e. The molecule has 0 aliphatic heterocycles. The number of nitrogens with zero attached hydrogens (tertiary/aromatic N) is 5. The van der Waals surface area contributed by atoms with Crippen LogP contribution >= 0.6 is 15.9 Å². The second-order valence-corrected chi connectivity index (χ2v) is 8.91. The van der Waals surface area contributed by atoms with Crippen molar-refractivity contribution in [2.75, 3.05) is 0 Å². The van der Waals surface area contributed by atoms with Crippen molar-refractivity contribution in [3.05, 3.63) is 99.4 Å². The summed E-state index contributed by atoms with van der Waals surface area (Å²) in [7, 11) is 0. The lowest BCUT2D eigenvalue weighted by Crippen LogP contribution is -2.20. The predicted molar refractivity (Wildman–Crippen MR) is 139 cm³/mol. The van der Waals surface area contributed by atoms with Gasteiger partial charge in [-0.05, 0) is 42.5 Å². The van der Waals surface area contributed by atoms with Gasteiger partial charge in [0.2, 0.25) is 5.82 Å². The number of furan rings is 1. The van der Waals surface area contributed by atoms with Crippen LogP contribution in [0.2, 0.25) is 0 Å². The number of para-hydroxylation sites is 2. The molecule has 0 amide bonds. The summed E-state index contributed by atoms with van der Waals surface area (Å²) < 4.78 is 10.1. The molecule has 35 heavy (non-hydrogen) atoms. The van der Waals surface area contributed by atoms with Crippen molar-refractivity contribution in [3.8, 4) is 17.7 Å². The molecule has 0 atom stereocenters. The maximum Gasteiger partial charge on any atom is 0.282 e. The lowest BCUT2D eigenvalue weighted by molar-refractivity contribution is 0.616. The highest BCUT2D eigenvalue weighted by Gasteiger charge is 2.17. The van der Waals surface area contributed by atoms with Crippen LogP contribution < -0.4 is 5.56 Å². The molecule has 6 aromatic rings. The van der Waals surface area contributed by atoms with Gasteiger partial charge in [0.15, 0.2) is 5.76 Å². The van der Waals surface area contributed by atoms with E-state index in [1.165, 1.54) is 4.68 Å². The lowest BCUT2D eigenvalue weighted by atomic mass is 10.2. The zero-order valence-corrected chi connectivity index (χ0v) is 19.8. The van der Waals surface area contributed by atoms with Crippen LogP contribution in [0.1, 0.15) is 5.56 Å². The first kappa shape index (κ1) is 21.1. The Morgan fingerprint density at radius 1 is 1.06 bits per heavy atom. The second kappa shape index (κ2) is 8.38. The second-order valence-electron chi connectivity index (χ2n) is 7.99. The maximum absolute atomic E-state index is 13.5. The van der Waals surface area contributed by atoms with Gasteiger partial charge in [0.1, 0.15) is 12.1 Å². The highest BCUT2D eigenvalue weighted by atomic mass is 79.9. The zero-order chi connectivity index (χ0) is 23.9. The molecule has 8 heteroatoms. The van der Waals surface area contributed by atoms with Gasteiger partial charge in [-0.2, -0.15) is 15.0 Å². The van der Waals surface area contributed by atoms with Gasteiger partial charge in [-0.15, -0.1) is 0 Å². The number of rotatable bonds is 4. The van der Waals surface area contributed by atoms with Crippen LogP contribution in [0.4, 0.5) is 0 Å². The van der Waals surface area contributed by atoms with Gasteiger partial charge in [0.25, 0.3) is 5.56 Å². The zero-order valence-electron chi connectivity index (χ0n) is 18.2. The van der Waals surface area contributed by atoms with Gasteiger partial charge in [-0.25, -0.2) is 4.98 Å². The van der Waals surface area contributed by atoms with Crippen molar-refractivity contribution >= 4 is 54.9 Å². The third-order valence-electron chi connectivity index (χ3n) is 5.83.